The van der Waals surface area contributed by atoms with E-state index in [0.717, 1.165) is 36.8 Å². The van der Waals surface area contributed by atoms with Crippen LogP contribution in [0.25, 0.3) is 0 Å². The summed E-state index contributed by atoms with van der Waals surface area (Å²) in [7, 11) is 0. The second-order valence-electron chi connectivity index (χ2n) is 7.72. The number of aromatic nitrogens is 1. The molecule has 1 aromatic heterocycles. The van der Waals surface area contributed by atoms with E-state index in [1.54, 1.807) is 23.4 Å². The zero-order chi connectivity index (χ0) is 21.3. The number of hydrogen-bond donors (Lipinski definition) is 2. The van der Waals surface area contributed by atoms with Gasteiger partial charge in [0.2, 0.25) is 5.91 Å². The minimum atomic E-state index is -1.04. The molecule has 1 aliphatic rings. The Morgan fingerprint density at radius 2 is 2.03 bits per heavy atom. The normalized spacial score (nSPS) is 21.2. The number of halogens is 1. The molecule has 1 aliphatic heterocycles. The van der Waals surface area contributed by atoms with Gasteiger partial charge in [-0.05, 0) is 61.1 Å². The van der Waals surface area contributed by atoms with Gasteiger partial charge in [-0.3, -0.25) is 9.78 Å². The molecule has 0 radical (unpaired) electrons. The van der Waals surface area contributed by atoms with Gasteiger partial charge < -0.3 is 19.8 Å². The Kier molecular flexibility index (Phi) is 8.49. The molecular formula is C23H29ClN2O4. The minimum Gasteiger partial charge on any atom is -0.491 e. The van der Waals surface area contributed by atoms with E-state index in [9.17, 15) is 15.0 Å². The molecule has 2 atom stereocenters. The summed E-state index contributed by atoms with van der Waals surface area (Å²) < 4.78 is 5.77. The van der Waals surface area contributed by atoms with Crippen molar-refractivity contribution in [2.75, 3.05) is 19.7 Å². The number of rotatable bonds is 2. The summed E-state index contributed by atoms with van der Waals surface area (Å²) in [5.74, 6) is 0.696. The number of pyridine rings is 1. The number of hydrogen-bond acceptors (Lipinski definition) is 5. The first-order chi connectivity index (χ1) is 14.5. The monoisotopic (exact) mass is 432 g/mol. The van der Waals surface area contributed by atoms with Gasteiger partial charge in [0, 0.05) is 30.5 Å². The molecule has 30 heavy (non-hydrogen) atoms. The van der Waals surface area contributed by atoms with Crippen LogP contribution in [0.3, 0.4) is 0 Å². The molecule has 0 saturated heterocycles. The van der Waals surface area contributed by atoms with E-state index in [1.165, 1.54) is 0 Å². The summed E-state index contributed by atoms with van der Waals surface area (Å²) in [4.78, 5) is 18.7. The van der Waals surface area contributed by atoms with Gasteiger partial charge in [-0.25, -0.2) is 0 Å². The number of carbonyl (C=O) groups excluding carboxylic acids is 1. The van der Waals surface area contributed by atoms with Gasteiger partial charge in [-0.1, -0.05) is 24.1 Å². The molecule has 0 unspecified atom stereocenters. The number of aryl methyl sites for hydroxylation is 1. The number of aliphatic hydroxyl groups excluding tert-OH is 2. The van der Waals surface area contributed by atoms with Crippen molar-refractivity contribution >= 4 is 17.5 Å². The molecule has 162 valence electrons. The zero-order valence-corrected chi connectivity index (χ0v) is 17.8. The second-order valence-corrected chi connectivity index (χ2v) is 8.15. The first kappa shape index (κ1) is 22.5. The third-order valence-corrected chi connectivity index (χ3v) is 5.61. The second kappa shape index (κ2) is 11.3. The highest BCUT2D eigenvalue weighted by Gasteiger charge is 2.21. The SMILES string of the molecule is O=C(Cc1cccnc1)N1CCCCCc2cc(Cl)ccc2OC[C@@H](O)[C@@H](O)CC1. The Bertz CT molecular complexity index is 818. The van der Waals surface area contributed by atoms with Crippen LogP contribution < -0.4 is 4.74 Å². The van der Waals surface area contributed by atoms with E-state index in [0.29, 0.717) is 23.9 Å². The maximum Gasteiger partial charge on any atom is 0.227 e. The molecule has 0 fully saturated rings. The number of fused-ring (bicyclic) bond motifs is 1. The molecule has 2 N–H and O–H groups in total. The van der Waals surface area contributed by atoms with Crippen LogP contribution in [0, 0.1) is 0 Å². The number of amides is 1. The predicted molar refractivity (Wildman–Crippen MR) is 116 cm³/mol. The lowest BCUT2D eigenvalue weighted by Gasteiger charge is -2.26. The topological polar surface area (TPSA) is 82.9 Å². The molecule has 0 bridgehead atoms. The minimum absolute atomic E-state index is 0.00478. The average molecular weight is 433 g/mol. The molecule has 0 aliphatic carbocycles. The van der Waals surface area contributed by atoms with Crippen molar-refractivity contribution in [3.8, 4) is 5.75 Å². The standard InChI is InChI=1S/C23H29ClN2O4/c24-19-7-8-22-18(14-19)6-2-1-3-11-26(12-9-20(27)21(28)16-30-22)23(29)13-17-5-4-10-25-15-17/h4-5,7-8,10,14-15,20-21,27-28H,1-3,6,9,11-13,16H2/t20-,21+/m0/s1. The maximum absolute atomic E-state index is 12.8. The largest absolute Gasteiger partial charge is 0.491 e. The van der Waals surface area contributed by atoms with Crippen LogP contribution in [0.4, 0.5) is 0 Å². The van der Waals surface area contributed by atoms with Crippen LogP contribution in [0.5, 0.6) is 5.75 Å². The zero-order valence-electron chi connectivity index (χ0n) is 17.0. The third kappa shape index (κ3) is 6.69. The van der Waals surface area contributed by atoms with Crippen LogP contribution in [0.2, 0.25) is 5.02 Å². The van der Waals surface area contributed by atoms with E-state index in [-0.39, 0.29) is 25.4 Å². The first-order valence-electron chi connectivity index (χ1n) is 10.5. The highest BCUT2D eigenvalue weighted by molar-refractivity contribution is 6.30. The fraction of sp³-hybridized carbons (Fsp3) is 0.478. The van der Waals surface area contributed by atoms with E-state index in [1.807, 2.05) is 24.3 Å². The highest BCUT2D eigenvalue weighted by atomic mass is 35.5. The Hall–Kier alpha value is -2.15. The maximum atomic E-state index is 12.8. The summed E-state index contributed by atoms with van der Waals surface area (Å²) >= 11 is 6.13. The van der Waals surface area contributed by atoms with Gasteiger partial charge in [-0.15, -0.1) is 0 Å². The molecule has 0 saturated carbocycles. The third-order valence-electron chi connectivity index (χ3n) is 5.38. The number of benzene rings is 1. The summed E-state index contributed by atoms with van der Waals surface area (Å²) in [6.45, 7) is 1.00. The Morgan fingerprint density at radius 1 is 1.17 bits per heavy atom. The molecule has 2 aromatic rings. The van der Waals surface area contributed by atoms with Crippen LogP contribution in [-0.2, 0) is 17.6 Å². The van der Waals surface area contributed by atoms with Crippen molar-refractivity contribution < 1.29 is 19.7 Å². The predicted octanol–water partition coefficient (Wildman–Crippen LogP) is 3.02. The number of aliphatic hydroxyl groups is 2. The van der Waals surface area contributed by atoms with Gasteiger partial charge >= 0.3 is 0 Å². The van der Waals surface area contributed by atoms with Crippen molar-refractivity contribution in [3.05, 3.63) is 58.9 Å². The van der Waals surface area contributed by atoms with E-state index in [4.69, 9.17) is 16.3 Å². The van der Waals surface area contributed by atoms with Gasteiger partial charge in [0.05, 0.1) is 12.5 Å². The van der Waals surface area contributed by atoms with Crippen molar-refractivity contribution in [2.45, 2.75) is 50.7 Å². The van der Waals surface area contributed by atoms with Gasteiger partial charge in [0.1, 0.15) is 18.5 Å². The summed E-state index contributed by atoms with van der Waals surface area (Å²) in [5, 5.41) is 21.3. The number of nitrogens with zero attached hydrogens (tertiary/aromatic N) is 2. The molecule has 1 amide bonds. The van der Waals surface area contributed by atoms with Crippen LogP contribution in [-0.4, -0.2) is 57.9 Å². The van der Waals surface area contributed by atoms with Crippen molar-refractivity contribution in [1.29, 1.82) is 0 Å². The lowest BCUT2D eigenvalue weighted by Crippen LogP contribution is -2.39. The number of ether oxygens (including phenoxy) is 1. The highest BCUT2D eigenvalue weighted by Crippen LogP contribution is 2.25. The number of carbonyl (C=O) groups is 1. The fourth-order valence-corrected chi connectivity index (χ4v) is 3.79. The smallest absolute Gasteiger partial charge is 0.227 e. The Balaban J connectivity index is 1.67. The Morgan fingerprint density at radius 3 is 2.83 bits per heavy atom. The molecule has 6 nitrogen and oxygen atoms in total. The molecule has 1 aromatic carbocycles. The summed E-state index contributed by atoms with van der Waals surface area (Å²) in [6.07, 6.45) is 5.52. The van der Waals surface area contributed by atoms with E-state index >= 15 is 0 Å². The van der Waals surface area contributed by atoms with Crippen molar-refractivity contribution in [3.63, 3.8) is 0 Å². The summed E-state index contributed by atoms with van der Waals surface area (Å²) in [5.41, 5.74) is 1.86. The van der Waals surface area contributed by atoms with Crippen LogP contribution in [0.1, 0.15) is 36.8 Å². The van der Waals surface area contributed by atoms with Crippen molar-refractivity contribution in [1.82, 2.24) is 9.88 Å². The fourth-order valence-electron chi connectivity index (χ4n) is 3.60. The van der Waals surface area contributed by atoms with Crippen LogP contribution in [0.15, 0.2) is 42.7 Å². The summed E-state index contributed by atoms with van der Waals surface area (Å²) in [6, 6.07) is 9.15. The molecule has 0 spiro atoms. The van der Waals surface area contributed by atoms with Gasteiger partial charge in [0.15, 0.2) is 0 Å². The molecular weight excluding hydrogens is 404 g/mol. The average Bonchev–Trinajstić information content (AvgIpc) is 2.74. The van der Waals surface area contributed by atoms with E-state index in [2.05, 4.69) is 4.98 Å². The Labute approximate surface area is 182 Å². The quantitative estimate of drug-likeness (QED) is 0.762. The van der Waals surface area contributed by atoms with E-state index < -0.39 is 12.2 Å². The van der Waals surface area contributed by atoms with Gasteiger partial charge in [0.25, 0.3) is 0 Å². The van der Waals surface area contributed by atoms with Crippen molar-refractivity contribution in [2.24, 2.45) is 0 Å². The first-order valence-corrected chi connectivity index (χ1v) is 10.8. The molecule has 7 heteroatoms. The molecule has 2 heterocycles. The van der Waals surface area contributed by atoms with Gasteiger partial charge in [-0.2, -0.15) is 0 Å². The lowest BCUT2D eigenvalue weighted by molar-refractivity contribution is -0.131. The lowest BCUT2D eigenvalue weighted by atomic mass is 10.0. The molecule has 3 rings (SSSR count). The van der Waals surface area contributed by atoms with Crippen LogP contribution >= 0.6 is 11.6 Å².